The van der Waals surface area contributed by atoms with Gasteiger partial charge in [-0.25, -0.2) is 0 Å². The van der Waals surface area contributed by atoms with E-state index in [1.165, 1.54) is 82.6 Å². The summed E-state index contributed by atoms with van der Waals surface area (Å²) in [7, 11) is 0. The van der Waals surface area contributed by atoms with Crippen LogP contribution in [0.2, 0.25) is 0 Å². The lowest BCUT2D eigenvalue weighted by Crippen LogP contribution is -2.10. The average molecular weight is 841 g/mol. The number of hydrogen-bond acceptors (Lipinski definition) is 1. The highest BCUT2D eigenvalue weighted by Gasteiger charge is 2.19. The van der Waals surface area contributed by atoms with Crippen LogP contribution in [0.3, 0.4) is 0 Å². The first-order valence-corrected chi connectivity index (χ1v) is 22.7. The minimum Gasteiger partial charge on any atom is -0.310 e. The molecule has 66 heavy (non-hydrogen) atoms. The molecule has 11 aromatic carbocycles. The molecule has 0 atom stereocenters. The maximum atomic E-state index is 2.42. The number of fused-ring (bicyclic) bond motifs is 4. The Morgan fingerprint density at radius 2 is 0.697 bits per heavy atom. The monoisotopic (exact) mass is 840 g/mol. The number of nitrogens with zero attached hydrogens (tertiary/aromatic N) is 2. The summed E-state index contributed by atoms with van der Waals surface area (Å²) in [5.74, 6) is 0. The van der Waals surface area contributed by atoms with Gasteiger partial charge in [0.2, 0.25) is 0 Å². The Morgan fingerprint density at radius 3 is 1.30 bits per heavy atom. The minimum absolute atomic E-state index is 1.08. The zero-order valence-corrected chi connectivity index (χ0v) is 36.3. The molecule has 0 saturated heterocycles. The van der Waals surface area contributed by atoms with Crippen LogP contribution in [0, 0.1) is 0 Å². The number of aromatic nitrogens is 1. The molecule has 2 nitrogen and oxygen atoms in total. The molecule has 0 amide bonds. The van der Waals surface area contributed by atoms with Crippen molar-refractivity contribution in [2.24, 2.45) is 0 Å². The van der Waals surface area contributed by atoms with Gasteiger partial charge in [-0.2, -0.15) is 0 Å². The molecule has 0 saturated carbocycles. The first kappa shape index (κ1) is 38.9. The molecule has 12 aromatic rings. The zero-order valence-electron chi connectivity index (χ0n) is 36.3. The summed E-state index contributed by atoms with van der Waals surface area (Å²) in [4.78, 5) is 2.39. The molecule has 0 N–H and O–H groups in total. The van der Waals surface area contributed by atoms with Gasteiger partial charge in [-0.05, 0) is 139 Å². The normalized spacial score (nSPS) is 11.3. The molecule has 0 spiro atoms. The fourth-order valence-electron chi connectivity index (χ4n) is 9.71. The smallest absolute Gasteiger partial charge is 0.0547 e. The topological polar surface area (TPSA) is 8.17 Å². The maximum absolute atomic E-state index is 2.42. The van der Waals surface area contributed by atoms with Gasteiger partial charge in [0.1, 0.15) is 0 Å². The van der Waals surface area contributed by atoms with Crippen molar-refractivity contribution >= 4 is 49.6 Å². The van der Waals surface area contributed by atoms with Crippen molar-refractivity contribution in [2.45, 2.75) is 0 Å². The molecular formula is C64H44N2. The molecule has 0 fully saturated rings. The summed E-state index contributed by atoms with van der Waals surface area (Å²) < 4.78 is 2.42. The van der Waals surface area contributed by atoms with E-state index < -0.39 is 0 Å². The number of rotatable bonds is 9. The van der Waals surface area contributed by atoms with Crippen LogP contribution in [-0.4, -0.2) is 4.57 Å². The van der Waals surface area contributed by atoms with Crippen LogP contribution in [0.4, 0.5) is 17.1 Å². The van der Waals surface area contributed by atoms with Crippen LogP contribution in [0.1, 0.15) is 0 Å². The highest BCUT2D eigenvalue weighted by molar-refractivity contribution is 6.18. The lowest BCUT2D eigenvalue weighted by Gasteiger charge is -2.26. The molecule has 0 radical (unpaired) electrons. The second kappa shape index (κ2) is 16.8. The van der Waals surface area contributed by atoms with Crippen molar-refractivity contribution in [3.8, 4) is 61.3 Å². The van der Waals surface area contributed by atoms with Gasteiger partial charge in [0.05, 0.1) is 11.0 Å². The molecule has 0 aliphatic heterocycles. The Morgan fingerprint density at radius 1 is 0.258 bits per heavy atom. The van der Waals surface area contributed by atoms with E-state index in [1.54, 1.807) is 0 Å². The van der Waals surface area contributed by atoms with Crippen molar-refractivity contribution in [3.05, 3.63) is 267 Å². The van der Waals surface area contributed by atoms with Crippen molar-refractivity contribution in [1.82, 2.24) is 4.57 Å². The Bertz CT molecular complexity index is 3650. The Kier molecular flexibility index (Phi) is 9.89. The average Bonchev–Trinajstić information content (AvgIpc) is 3.72. The van der Waals surface area contributed by atoms with E-state index in [0.29, 0.717) is 0 Å². The van der Waals surface area contributed by atoms with Crippen LogP contribution in [0.15, 0.2) is 267 Å². The van der Waals surface area contributed by atoms with Crippen LogP contribution in [-0.2, 0) is 0 Å². The zero-order chi connectivity index (χ0) is 43.8. The highest BCUT2D eigenvalue weighted by Crippen LogP contribution is 2.43. The summed E-state index contributed by atoms with van der Waals surface area (Å²) >= 11 is 0. The van der Waals surface area contributed by atoms with Crippen molar-refractivity contribution in [3.63, 3.8) is 0 Å². The summed E-state index contributed by atoms with van der Waals surface area (Å²) in [5, 5.41) is 4.95. The quantitative estimate of drug-likeness (QED) is 0.141. The van der Waals surface area contributed by atoms with Gasteiger partial charge in [0.15, 0.2) is 0 Å². The summed E-state index contributed by atoms with van der Waals surface area (Å²) in [6.07, 6.45) is 0. The van der Waals surface area contributed by atoms with Gasteiger partial charge in [0, 0.05) is 33.5 Å². The standard InChI is InChI=1S/C64H44N2/c1-4-15-45(16-5-1)47-29-31-48(32-30-47)49-33-37-57(38-34-49)65(58-39-35-50(36-40-58)52-22-12-21-51(41-52)46-17-6-2-7-18-46)59-26-13-23-55(42-59)60-27-14-28-62-64(60)61-43-53-19-10-11-20-54(53)44-63(61)66(62)56-24-8-3-9-25-56/h1-44H. The number of anilines is 3. The van der Waals surface area contributed by atoms with Crippen molar-refractivity contribution in [1.29, 1.82) is 0 Å². The molecule has 1 aromatic heterocycles. The van der Waals surface area contributed by atoms with Gasteiger partial charge in [-0.1, -0.05) is 194 Å². The van der Waals surface area contributed by atoms with Crippen molar-refractivity contribution in [2.75, 3.05) is 4.90 Å². The molecule has 0 bridgehead atoms. The largest absolute Gasteiger partial charge is 0.310 e. The van der Waals surface area contributed by atoms with E-state index in [1.807, 2.05) is 0 Å². The number of benzene rings is 11. The summed E-state index contributed by atoms with van der Waals surface area (Å²) in [5.41, 5.74) is 18.7. The third-order valence-corrected chi connectivity index (χ3v) is 13.0. The van der Waals surface area contributed by atoms with Crippen LogP contribution in [0.25, 0.3) is 93.9 Å². The fraction of sp³-hybridized carbons (Fsp3) is 0. The predicted octanol–water partition coefficient (Wildman–Crippen LogP) is 17.7. The third-order valence-electron chi connectivity index (χ3n) is 13.0. The Labute approximate surface area is 385 Å². The molecule has 1 heterocycles. The van der Waals surface area contributed by atoms with Gasteiger partial charge < -0.3 is 9.47 Å². The summed E-state index contributed by atoms with van der Waals surface area (Å²) in [6.45, 7) is 0. The van der Waals surface area contributed by atoms with Crippen LogP contribution in [0.5, 0.6) is 0 Å². The SMILES string of the molecule is c1ccc(-c2ccc(-c3ccc(N(c4ccc(-c5cccc(-c6ccccc6)c5)cc4)c4cccc(-c5cccc6c5c5cc7ccccc7cc5n6-c5ccccc5)c4)cc3)cc2)cc1. The van der Waals surface area contributed by atoms with E-state index in [0.717, 1.165) is 28.3 Å². The van der Waals surface area contributed by atoms with Crippen molar-refractivity contribution < 1.29 is 0 Å². The van der Waals surface area contributed by atoms with E-state index in [-0.39, 0.29) is 0 Å². The molecule has 2 heteroatoms. The number of para-hydroxylation sites is 1. The van der Waals surface area contributed by atoms with Gasteiger partial charge >= 0.3 is 0 Å². The Hall–Kier alpha value is -8.72. The fourth-order valence-corrected chi connectivity index (χ4v) is 9.71. The highest BCUT2D eigenvalue weighted by atomic mass is 15.1. The molecule has 0 aliphatic rings. The van der Waals surface area contributed by atoms with E-state index in [2.05, 4.69) is 276 Å². The van der Waals surface area contributed by atoms with Gasteiger partial charge in [-0.15, -0.1) is 0 Å². The molecule has 0 aliphatic carbocycles. The summed E-state index contributed by atoms with van der Waals surface area (Å²) in [6, 6.07) is 96.8. The lowest BCUT2D eigenvalue weighted by molar-refractivity contribution is 1.18. The van der Waals surface area contributed by atoms with Gasteiger partial charge in [-0.3, -0.25) is 0 Å². The first-order chi connectivity index (χ1) is 32.7. The molecule has 12 rings (SSSR count). The van der Waals surface area contributed by atoms with E-state index >= 15 is 0 Å². The van der Waals surface area contributed by atoms with Gasteiger partial charge in [0.25, 0.3) is 0 Å². The van der Waals surface area contributed by atoms with Crippen LogP contribution >= 0.6 is 0 Å². The van der Waals surface area contributed by atoms with E-state index in [9.17, 15) is 0 Å². The number of hydrogen-bond donors (Lipinski definition) is 0. The minimum atomic E-state index is 1.08. The second-order valence-corrected chi connectivity index (χ2v) is 17.0. The molecule has 0 unspecified atom stereocenters. The lowest BCUT2D eigenvalue weighted by atomic mass is 9.97. The van der Waals surface area contributed by atoms with E-state index in [4.69, 9.17) is 0 Å². The second-order valence-electron chi connectivity index (χ2n) is 17.0. The molecule has 310 valence electrons. The maximum Gasteiger partial charge on any atom is 0.0547 e. The first-order valence-electron chi connectivity index (χ1n) is 22.7. The van der Waals surface area contributed by atoms with Crippen LogP contribution < -0.4 is 4.90 Å². The molecular weight excluding hydrogens is 797 g/mol. The predicted molar refractivity (Wildman–Crippen MR) is 280 cm³/mol. The Balaban J connectivity index is 0.975. The third kappa shape index (κ3) is 7.21.